The van der Waals surface area contributed by atoms with Crippen molar-refractivity contribution in [1.29, 1.82) is 0 Å². The molecule has 3 atom stereocenters. The fourth-order valence-electron chi connectivity index (χ4n) is 9.84. The van der Waals surface area contributed by atoms with Gasteiger partial charge in [0.1, 0.15) is 47.5 Å². The number of aliphatic hydroxyl groups excluding tert-OH is 1. The first kappa shape index (κ1) is 53.8. The van der Waals surface area contributed by atoms with Crippen LogP contribution in [0.4, 0.5) is 0 Å². The summed E-state index contributed by atoms with van der Waals surface area (Å²) in [6.45, 7) is 5.41. The third-order valence-electron chi connectivity index (χ3n) is 14.2. The van der Waals surface area contributed by atoms with Crippen LogP contribution in [0.3, 0.4) is 0 Å². The molecule has 396 valence electrons. The standard InChI is InChI=1S/C51H69N9O11S2/c1-34(52-2)47(61)56-44(35-8-6-5-7-9-35)50(63)58-22-24-59(25-23-58)51(64)45-43(40-15-12-38(67-4)32-42(40)57(45)3)48(62)53-19-26-68-27-28-69-29-30-70-36-10-13-39(14-11-36)73(65,66)60-20-16-37(17-21-60)71-49-46-41(18-31-72-46)54-33-55-49/h10-15,18,31-35,37,44,51-52,64H,5-9,16-17,19-30H2,1-4H3,(H,53,62)(H,56,61)/t34-,44-,51?/m0/s1. The highest BCUT2D eigenvalue weighted by Crippen LogP contribution is 2.35. The Kier molecular flexibility index (Phi) is 18.6. The molecular formula is C51H69N9O11S2. The number of methoxy groups -OCH3 is 1. The Hall–Kier alpha value is -5.46. The molecule has 73 heavy (non-hydrogen) atoms. The molecule has 2 aromatic carbocycles. The van der Waals surface area contributed by atoms with Gasteiger partial charge in [0.2, 0.25) is 27.7 Å². The van der Waals surface area contributed by atoms with Crippen LogP contribution in [0.25, 0.3) is 21.1 Å². The summed E-state index contributed by atoms with van der Waals surface area (Å²) >= 11 is 1.52. The zero-order valence-corrected chi connectivity index (χ0v) is 43.8. The first-order valence-corrected chi connectivity index (χ1v) is 27.6. The van der Waals surface area contributed by atoms with Gasteiger partial charge in [0.25, 0.3) is 5.91 Å². The van der Waals surface area contributed by atoms with E-state index in [1.807, 2.05) is 40.1 Å². The number of carbonyl (C=O) groups excluding carboxylic acids is 3. The SMILES string of the molecule is CN[C@@H](C)C(=O)N[C@H](C(=O)N1CCN(C(O)c2c(C(=O)NCCOCCOCCOc3ccc(S(=O)(=O)N4CCC(Oc5ncnc6ccsc56)CC4)cc3)c3ccc(OC)cc3n2C)CC1)C1CCCCC1. The number of fused-ring (bicyclic) bond motifs is 2. The van der Waals surface area contributed by atoms with E-state index in [0.29, 0.717) is 98.3 Å². The first-order chi connectivity index (χ1) is 35.4. The molecule has 1 aliphatic carbocycles. The van der Waals surface area contributed by atoms with Crippen LogP contribution in [-0.4, -0.2) is 171 Å². The number of piperidine rings is 1. The lowest BCUT2D eigenvalue weighted by Gasteiger charge is -2.40. The summed E-state index contributed by atoms with van der Waals surface area (Å²) < 4.78 is 59.9. The zero-order valence-electron chi connectivity index (χ0n) is 42.1. The maximum absolute atomic E-state index is 14.1. The van der Waals surface area contributed by atoms with Crippen molar-refractivity contribution in [3.05, 3.63) is 71.5 Å². The number of carbonyl (C=O) groups is 3. The average Bonchev–Trinajstić information content (AvgIpc) is 4.03. The van der Waals surface area contributed by atoms with Gasteiger partial charge in [0, 0.05) is 64.3 Å². The van der Waals surface area contributed by atoms with Crippen LogP contribution in [0.1, 0.15) is 74.1 Å². The van der Waals surface area contributed by atoms with E-state index >= 15 is 0 Å². The highest BCUT2D eigenvalue weighted by atomic mass is 32.2. The maximum Gasteiger partial charge on any atom is 0.253 e. The predicted molar refractivity (Wildman–Crippen MR) is 275 cm³/mol. The van der Waals surface area contributed by atoms with Crippen molar-refractivity contribution in [2.75, 3.05) is 93.0 Å². The molecular weight excluding hydrogens is 979 g/mol. The molecule has 2 saturated heterocycles. The molecule has 5 heterocycles. The number of nitrogens with one attached hydrogen (secondary N) is 3. The van der Waals surface area contributed by atoms with Gasteiger partial charge in [-0.2, -0.15) is 4.31 Å². The molecule has 8 rings (SSSR count). The molecule has 0 bridgehead atoms. The Morgan fingerprint density at radius 2 is 1.56 bits per heavy atom. The number of nitrogens with zero attached hydrogens (tertiary/aromatic N) is 6. The van der Waals surface area contributed by atoms with E-state index in [0.717, 1.165) is 42.3 Å². The second-order valence-corrected chi connectivity index (χ2v) is 21.5. The average molecular weight is 1050 g/mol. The van der Waals surface area contributed by atoms with Crippen molar-refractivity contribution >= 4 is 60.2 Å². The van der Waals surface area contributed by atoms with Crippen molar-refractivity contribution in [3.8, 4) is 17.4 Å². The van der Waals surface area contributed by atoms with Gasteiger partial charge in [-0.3, -0.25) is 19.3 Å². The van der Waals surface area contributed by atoms with Gasteiger partial charge in [0.05, 0.1) is 66.8 Å². The van der Waals surface area contributed by atoms with E-state index in [1.54, 1.807) is 56.3 Å². The van der Waals surface area contributed by atoms with Crippen LogP contribution in [-0.2, 0) is 36.1 Å². The van der Waals surface area contributed by atoms with E-state index < -0.39 is 28.3 Å². The number of benzene rings is 2. The molecule has 0 spiro atoms. The Bertz CT molecular complexity index is 2750. The van der Waals surface area contributed by atoms with Crippen LogP contribution >= 0.6 is 11.3 Å². The lowest BCUT2D eigenvalue weighted by atomic mass is 9.83. The molecule has 3 aliphatic rings. The van der Waals surface area contributed by atoms with Crippen molar-refractivity contribution < 1.29 is 51.6 Å². The van der Waals surface area contributed by atoms with Gasteiger partial charge < -0.3 is 54.2 Å². The summed E-state index contributed by atoms with van der Waals surface area (Å²) in [5.74, 6) is 1.07. The summed E-state index contributed by atoms with van der Waals surface area (Å²) in [6, 6.07) is 12.7. The molecule has 20 nitrogen and oxygen atoms in total. The van der Waals surface area contributed by atoms with E-state index in [1.165, 1.54) is 22.0 Å². The Labute approximate surface area is 430 Å². The molecule has 3 fully saturated rings. The van der Waals surface area contributed by atoms with E-state index in [2.05, 4.69) is 25.9 Å². The molecule has 3 aromatic heterocycles. The topological polar surface area (TPSA) is 228 Å². The largest absolute Gasteiger partial charge is 0.497 e. The Morgan fingerprint density at radius 1 is 0.863 bits per heavy atom. The normalized spacial score (nSPS) is 17.8. The fourth-order valence-corrected chi connectivity index (χ4v) is 12.1. The van der Waals surface area contributed by atoms with E-state index in [-0.39, 0.29) is 67.6 Å². The van der Waals surface area contributed by atoms with Gasteiger partial charge in [0.15, 0.2) is 0 Å². The van der Waals surface area contributed by atoms with Crippen LogP contribution < -0.4 is 30.2 Å². The summed E-state index contributed by atoms with van der Waals surface area (Å²) in [7, 11) is 1.41. The molecule has 5 aromatic rings. The molecule has 4 N–H and O–H groups in total. The number of sulfonamides is 1. The third kappa shape index (κ3) is 12.9. The number of thiophene rings is 1. The van der Waals surface area contributed by atoms with Crippen LogP contribution in [0.5, 0.6) is 17.4 Å². The van der Waals surface area contributed by atoms with E-state index in [9.17, 15) is 27.9 Å². The molecule has 2 aliphatic heterocycles. The van der Waals surface area contributed by atoms with Crippen LogP contribution in [0.2, 0.25) is 0 Å². The van der Waals surface area contributed by atoms with E-state index in [4.69, 9.17) is 23.7 Å². The first-order valence-electron chi connectivity index (χ1n) is 25.2. The smallest absolute Gasteiger partial charge is 0.253 e. The van der Waals surface area contributed by atoms with Gasteiger partial charge in [-0.05, 0) is 93.4 Å². The molecule has 3 amide bonds. The summed E-state index contributed by atoms with van der Waals surface area (Å²) in [4.78, 5) is 53.4. The second kappa shape index (κ2) is 25.2. The minimum atomic E-state index is -3.70. The number of rotatable bonds is 23. The Morgan fingerprint density at radius 3 is 2.27 bits per heavy atom. The molecule has 22 heteroatoms. The van der Waals surface area contributed by atoms with Crippen molar-refractivity contribution in [1.82, 2.24) is 44.6 Å². The number of hydrogen-bond donors (Lipinski definition) is 4. The van der Waals surface area contributed by atoms with Gasteiger partial charge >= 0.3 is 0 Å². The number of amides is 3. The fraction of sp³-hybridized carbons (Fsp3) is 0.549. The van der Waals surface area contributed by atoms with Crippen molar-refractivity contribution in [3.63, 3.8) is 0 Å². The minimum Gasteiger partial charge on any atom is -0.497 e. The Balaban J connectivity index is 0.757. The predicted octanol–water partition coefficient (Wildman–Crippen LogP) is 4.07. The molecule has 0 radical (unpaired) electrons. The zero-order chi connectivity index (χ0) is 51.5. The lowest BCUT2D eigenvalue weighted by molar-refractivity contribution is -0.142. The van der Waals surface area contributed by atoms with Gasteiger partial charge in [-0.15, -0.1) is 11.3 Å². The monoisotopic (exact) mass is 1050 g/mol. The lowest BCUT2D eigenvalue weighted by Crippen LogP contribution is -2.59. The highest BCUT2D eigenvalue weighted by Gasteiger charge is 2.38. The minimum absolute atomic E-state index is 0.0736. The van der Waals surface area contributed by atoms with Crippen molar-refractivity contribution in [2.24, 2.45) is 13.0 Å². The van der Waals surface area contributed by atoms with Gasteiger partial charge in [-0.25, -0.2) is 18.4 Å². The number of ether oxygens (including phenoxy) is 5. The number of aryl methyl sites for hydroxylation is 1. The molecule has 1 unspecified atom stereocenters. The summed E-state index contributed by atoms with van der Waals surface area (Å²) in [6.07, 6.45) is 6.24. The summed E-state index contributed by atoms with van der Waals surface area (Å²) in [5, 5.41) is 23.6. The quantitative estimate of drug-likeness (QED) is 0.0677. The van der Waals surface area contributed by atoms with Crippen LogP contribution in [0, 0.1) is 5.92 Å². The number of likely N-dealkylation sites (N-methyl/N-ethyl adjacent to an activating group) is 1. The number of aliphatic hydroxyl groups is 1. The number of hydrogen-bond acceptors (Lipinski definition) is 16. The molecule has 1 saturated carbocycles. The van der Waals surface area contributed by atoms with Crippen molar-refractivity contribution in [2.45, 2.75) is 81.2 Å². The van der Waals surface area contributed by atoms with Gasteiger partial charge in [-0.1, -0.05) is 19.3 Å². The van der Waals surface area contributed by atoms with Crippen LogP contribution in [0.15, 0.2) is 65.1 Å². The highest BCUT2D eigenvalue weighted by molar-refractivity contribution is 7.89. The maximum atomic E-state index is 14.1. The summed E-state index contributed by atoms with van der Waals surface area (Å²) in [5.41, 5.74) is 2.30. The number of aromatic nitrogens is 3. The second-order valence-electron chi connectivity index (χ2n) is 18.7. The number of piperazine rings is 1. The third-order valence-corrected chi connectivity index (χ3v) is 17.0.